The highest BCUT2D eigenvalue weighted by Crippen LogP contribution is 2.20. The smallest absolute Gasteiger partial charge is 0.290 e. The Hall–Kier alpha value is -2.97. The summed E-state index contributed by atoms with van der Waals surface area (Å²) in [6, 6.07) is 11.5. The minimum atomic E-state index is -0.312. The molecule has 3 heterocycles. The summed E-state index contributed by atoms with van der Waals surface area (Å²) in [5.74, 6) is -0.522. The Balaban J connectivity index is 1.51. The van der Waals surface area contributed by atoms with E-state index in [1.54, 1.807) is 45.4 Å². The maximum absolute atomic E-state index is 13.6. The van der Waals surface area contributed by atoms with E-state index in [1.165, 1.54) is 18.4 Å². The molecule has 0 spiro atoms. The van der Waals surface area contributed by atoms with Gasteiger partial charge in [0.15, 0.2) is 5.76 Å². The molecule has 0 bridgehead atoms. The van der Waals surface area contributed by atoms with Crippen molar-refractivity contribution in [2.24, 2.45) is 0 Å². The molecule has 6 nitrogen and oxygen atoms in total. The Morgan fingerprint density at radius 3 is 2.47 bits per heavy atom. The van der Waals surface area contributed by atoms with Crippen molar-refractivity contribution in [1.82, 2.24) is 14.7 Å². The number of hydrogen-bond acceptors (Lipinski definition) is 5. The highest BCUT2D eigenvalue weighted by Gasteiger charge is 2.25. The third kappa shape index (κ3) is 6.33. The van der Waals surface area contributed by atoms with Crippen LogP contribution >= 0.6 is 11.3 Å². The molecular formula is C26H30FN3O3S. The van der Waals surface area contributed by atoms with Gasteiger partial charge in [-0.05, 0) is 79.7 Å². The van der Waals surface area contributed by atoms with Gasteiger partial charge in [0.2, 0.25) is 5.91 Å². The Morgan fingerprint density at radius 1 is 1.06 bits per heavy atom. The first-order valence-electron chi connectivity index (χ1n) is 11.6. The fraction of sp³-hybridized carbons (Fsp3) is 0.385. The molecule has 0 atom stereocenters. The van der Waals surface area contributed by atoms with Crippen molar-refractivity contribution in [3.05, 3.63) is 81.7 Å². The van der Waals surface area contributed by atoms with Gasteiger partial charge in [-0.1, -0.05) is 12.1 Å². The first-order chi connectivity index (χ1) is 16.5. The zero-order chi connectivity index (χ0) is 23.9. The third-order valence-electron chi connectivity index (χ3n) is 6.17. The van der Waals surface area contributed by atoms with Gasteiger partial charge in [0, 0.05) is 24.5 Å². The SMILES string of the molecule is Cc1ccsc1CN(Cc1ccc(F)cc1)C(=O)CN(CCN1CCCC1)C(=O)c1ccco1. The molecule has 1 aromatic carbocycles. The molecule has 1 aliphatic heterocycles. The molecule has 0 unspecified atom stereocenters. The fourth-order valence-electron chi connectivity index (χ4n) is 4.12. The van der Waals surface area contributed by atoms with Gasteiger partial charge in [0.1, 0.15) is 12.4 Å². The number of halogens is 1. The second-order valence-electron chi connectivity index (χ2n) is 8.66. The molecule has 2 aromatic heterocycles. The van der Waals surface area contributed by atoms with Crippen LogP contribution in [0.25, 0.3) is 0 Å². The Bertz CT molecular complexity index is 1080. The Morgan fingerprint density at radius 2 is 1.82 bits per heavy atom. The van der Waals surface area contributed by atoms with E-state index < -0.39 is 0 Å². The lowest BCUT2D eigenvalue weighted by molar-refractivity contribution is -0.133. The monoisotopic (exact) mass is 483 g/mol. The predicted octanol–water partition coefficient (Wildman–Crippen LogP) is 4.56. The van der Waals surface area contributed by atoms with E-state index in [2.05, 4.69) is 4.90 Å². The van der Waals surface area contributed by atoms with Crippen LogP contribution in [0, 0.1) is 12.7 Å². The third-order valence-corrected chi connectivity index (χ3v) is 7.18. The molecule has 0 saturated carbocycles. The lowest BCUT2D eigenvalue weighted by Crippen LogP contribution is -2.45. The zero-order valence-electron chi connectivity index (χ0n) is 19.4. The van der Waals surface area contributed by atoms with Crippen molar-refractivity contribution in [3.8, 4) is 0 Å². The van der Waals surface area contributed by atoms with Gasteiger partial charge in [-0.25, -0.2) is 4.39 Å². The van der Waals surface area contributed by atoms with Crippen LogP contribution in [0.3, 0.4) is 0 Å². The van der Waals surface area contributed by atoms with E-state index in [4.69, 9.17) is 4.42 Å². The topological polar surface area (TPSA) is 57.0 Å². The van der Waals surface area contributed by atoms with Crippen molar-refractivity contribution in [3.63, 3.8) is 0 Å². The summed E-state index contributed by atoms with van der Waals surface area (Å²) in [5, 5.41) is 2.01. The van der Waals surface area contributed by atoms with E-state index >= 15 is 0 Å². The summed E-state index contributed by atoms with van der Waals surface area (Å²) in [7, 11) is 0. The highest BCUT2D eigenvalue weighted by atomic mass is 32.1. The van der Waals surface area contributed by atoms with Crippen LogP contribution in [0.2, 0.25) is 0 Å². The first kappa shape index (κ1) is 24.2. The van der Waals surface area contributed by atoms with Gasteiger partial charge in [-0.2, -0.15) is 0 Å². The summed E-state index contributed by atoms with van der Waals surface area (Å²) in [5.41, 5.74) is 1.96. The van der Waals surface area contributed by atoms with Gasteiger partial charge in [-0.3, -0.25) is 9.59 Å². The molecule has 34 heavy (non-hydrogen) atoms. The minimum Gasteiger partial charge on any atom is -0.459 e. The van der Waals surface area contributed by atoms with Crippen molar-refractivity contribution >= 4 is 23.2 Å². The van der Waals surface area contributed by atoms with E-state index in [9.17, 15) is 14.0 Å². The van der Waals surface area contributed by atoms with Crippen molar-refractivity contribution < 1.29 is 18.4 Å². The van der Waals surface area contributed by atoms with Crippen molar-refractivity contribution in [2.45, 2.75) is 32.9 Å². The number of hydrogen-bond donors (Lipinski definition) is 0. The summed E-state index contributed by atoms with van der Waals surface area (Å²) in [6.45, 7) is 5.97. The summed E-state index contributed by atoms with van der Waals surface area (Å²) in [6.07, 6.45) is 3.79. The minimum absolute atomic E-state index is 0.0427. The van der Waals surface area contributed by atoms with E-state index in [1.807, 2.05) is 18.4 Å². The van der Waals surface area contributed by atoms with Crippen LogP contribution in [-0.4, -0.2) is 59.2 Å². The Labute approximate surface area is 203 Å². The van der Waals surface area contributed by atoms with Crippen LogP contribution in [0.15, 0.2) is 58.5 Å². The van der Waals surface area contributed by atoms with E-state index in [0.29, 0.717) is 19.6 Å². The maximum Gasteiger partial charge on any atom is 0.290 e. The highest BCUT2D eigenvalue weighted by molar-refractivity contribution is 7.10. The van der Waals surface area contributed by atoms with Crippen LogP contribution in [-0.2, 0) is 17.9 Å². The molecule has 1 aliphatic rings. The lowest BCUT2D eigenvalue weighted by atomic mass is 10.2. The molecule has 0 N–H and O–H groups in total. The number of benzene rings is 1. The number of carbonyl (C=O) groups excluding carboxylic acids is 2. The normalized spacial score (nSPS) is 13.8. The van der Waals surface area contributed by atoms with Gasteiger partial charge in [0.05, 0.1) is 12.8 Å². The van der Waals surface area contributed by atoms with Gasteiger partial charge in [-0.15, -0.1) is 11.3 Å². The number of likely N-dealkylation sites (tertiary alicyclic amines) is 1. The van der Waals surface area contributed by atoms with E-state index in [-0.39, 0.29) is 29.9 Å². The van der Waals surface area contributed by atoms with Crippen molar-refractivity contribution in [1.29, 1.82) is 0 Å². The van der Waals surface area contributed by atoms with Gasteiger partial charge < -0.3 is 19.1 Å². The molecule has 1 saturated heterocycles. The average molecular weight is 484 g/mol. The van der Waals surface area contributed by atoms with Crippen molar-refractivity contribution in [2.75, 3.05) is 32.7 Å². The average Bonchev–Trinajstić information content (AvgIpc) is 3.61. The van der Waals surface area contributed by atoms with Crippen LogP contribution < -0.4 is 0 Å². The maximum atomic E-state index is 13.6. The predicted molar refractivity (Wildman–Crippen MR) is 130 cm³/mol. The van der Waals surface area contributed by atoms with Gasteiger partial charge >= 0.3 is 0 Å². The standard InChI is InChI=1S/C26H30FN3O3S/c1-20-10-16-34-24(20)18-30(17-21-6-8-22(27)9-7-21)25(31)19-29(14-13-28-11-2-3-12-28)26(32)23-5-4-15-33-23/h4-10,15-16H,2-3,11-14,17-19H2,1H3. The molecule has 8 heteroatoms. The number of aryl methyl sites for hydroxylation is 1. The number of thiophene rings is 1. The van der Waals surface area contributed by atoms with Crippen LogP contribution in [0.4, 0.5) is 4.39 Å². The number of nitrogens with zero attached hydrogens (tertiary/aromatic N) is 3. The molecule has 0 radical (unpaired) electrons. The second kappa shape index (κ2) is 11.4. The molecule has 2 amide bonds. The molecule has 3 aromatic rings. The molecule has 180 valence electrons. The number of furan rings is 1. The first-order valence-corrected chi connectivity index (χ1v) is 12.5. The molecular weight excluding hydrogens is 453 g/mol. The summed E-state index contributed by atoms with van der Waals surface area (Å²) >= 11 is 1.60. The Kier molecular flexibility index (Phi) is 8.13. The number of rotatable bonds is 10. The zero-order valence-corrected chi connectivity index (χ0v) is 20.2. The van der Waals surface area contributed by atoms with Gasteiger partial charge in [0.25, 0.3) is 5.91 Å². The lowest BCUT2D eigenvalue weighted by Gasteiger charge is -2.28. The van der Waals surface area contributed by atoms with Crippen LogP contribution in [0.5, 0.6) is 0 Å². The largest absolute Gasteiger partial charge is 0.459 e. The number of amides is 2. The number of carbonyl (C=O) groups is 2. The second-order valence-corrected chi connectivity index (χ2v) is 9.66. The summed E-state index contributed by atoms with van der Waals surface area (Å²) in [4.78, 5) is 33.4. The molecule has 1 fully saturated rings. The quantitative estimate of drug-likeness (QED) is 0.424. The molecule has 4 rings (SSSR count). The fourth-order valence-corrected chi connectivity index (χ4v) is 5.04. The summed E-state index contributed by atoms with van der Waals surface area (Å²) < 4.78 is 18.7. The van der Waals surface area contributed by atoms with E-state index in [0.717, 1.165) is 48.5 Å². The van der Waals surface area contributed by atoms with Crippen LogP contribution in [0.1, 0.15) is 39.4 Å². The molecule has 0 aliphatic carbocycles.